The second-order valence-electron chi connectivity index (χ2n) is 17.0. The van der Waals surface area contributed by atoms with Gasteiger partial charge in [-0.3, -0.25) is 0 Å². The van der Waals surface area contributed by atoms with Crippen molar-refractivity contribution in [2.45, 2.75) is 13.3 Å². The third-order valence-electron chi connectivity index (χ3n) is 12.9. The molecule has 3 heteroatoms. The molecule has 0 fully saturated rings. The van der Waals surface area contributed by atoms with Crippen molar-refractivity contribution in [2.75, 3.05) is 4.90 Å². The van der Waals surface area contributed by atoms with Gasteiger partial charge in [0.15, 0.2) is 0 Å². The highest BCUT2D eigenvalue weighted by Gasteiger charge is 2.19. The number of rotatable bonds is 8. The molecule has 9 aromatic carbocycles. The van der Waals surface area contributed by atoms with Gasteiger partial charge in [0.2, 0.25) is 0 Å². The van der Waals surface area contributed by atoms with Gasteiger partial charge in [-0.2, -0.15) is 0 Å². The van der Waals surface area contributed by atoms with Crippen molar-refractivity contribution in [1.82, 2.24) is 4.57 Å². The summed E-state index contributed by atoms with van der Waals surface area (Å²) in [7, 11) is 0. The molecule has 1 unspecified atom stereocenters. The molecular weight excluding hydrogens is 793 g/mol. The minimum atomic E-state index is 0.522. The zero-order valence-corrected chi connectivity index (χ0v) is 36.3. The van der Waals surface area contributed by atoms with Gasteiger partial charge >= 0.3 is 0 Å². The maximum Gasteiger partial charge on any atom is 0.0538 e. The van der Waals surface area contributed by atoms with E-state index in [2.05, 4.69) is 247 Å². The molecule has 0 aliphatic heterocycles. The van der Waals surface area contributed by atoms with Crippen molar-refractivity contribution in [3.8, 4) is 44.5 Å². The van der Waals surface area contributed by atoms with Gasteiger partial charge in [-0.1, -0.05) is 153 Å². The monoisotopic (exact) mass is 836 g/mol. The number of aromatic nitrogens is 1. The lowest BCUT2D eigenvalue weighted by atomic mass is 9.97. The lowest BCUT2D eigenvalue weighted by Crippen LogP contribution is -2.09. The molecule has 0 bridgehead atoms. The Bertz CT molecular complexity index is 3490. The molecule has 64 heavy (non-hydrogen) atoms. The van der Waals surface area contributed by atoms with Crippen molar-refractivity contribution in [3.05, 3.63) is 231 Å². The first-order chi connectivity index (χ1) is 31.6. The molecule has 0 saturated heterocycles. The Hall–Kier alpha value is -7.72. The summed E-state index contributed by atoms with van der Waals surface area (Å²) >= 11 is 1.86. The summed E-state index contributed by atoms with van der Waals surface area (Å²) in [4.78, 5) is 2.39. The maximum atomic E-state index is 2.47. The summed E-state index contributed by atoms with van der Waals surface area (Å²) in [5.41, 5.74) is 16.9. The van der Waals surface area contributed by atoms with Crippen LogP contribution in [0, 0.1) is 5.92 Å². The third-order valence-corrected chi connectivity index (χ3v) is 14.1. The lowest BCUT2D eigenvalue weighted by molar-refractivity contribution is 0.730. The van der Waals surface area contributed by atoms with Crippen LogP contribution in [0.2, 0.25) is 0 Å². The van der Waals surface area contributed by atoms with Gasteiger partial charge in [0.1, 0.15) is 0 Å². The second-order valence-corrected chi connectivity index (χ2v) is 18.1. The number of anilines is 3. The van der Waals surface area contributed by atoms with Crippen LogP contribution in [-0.4, -0.2) is 4.57 Å². The first kappa shape index (κ1) is 38.0. The average molecular weight is 837 g/mol. The van der Waals surface area contributed by atoms with Gasteiger partial charge in [-0.05, 0) is 142 Å². The number of fused-ring (bicyclic) bond motifs is 6. The zero-order chi connectivity index (χ0) is 42.6. The van der Waals surface area contributed by atoms with Crippen molar-refractivity contribution in [1.29, 1.82) is 0 Å². The average Bonchev–Trinajstić information content (AvgIpc) is 3.90. The van der Waals surface area contributed by atoms with Crippen LogP contribution in [0.25, 0.3) is 92.2 Å². The van der Waals surface area contributed by atoms with Gasteiger partial charge in [-0.25, -0.2) is 0 Å². The highest BCUT2D eigenvalue weighted by Crippen LogP contribution is 2.43. The van der Waals surface area contributed by atoms with E-state index in [4.69, 9.17) is 0 Å². The van der Waals surface area contributed by atoms with Crippen LogP contribution >= 0.6 is 11.3 Å². The highest BCUT2D eigenvalue weighted by atomic mass is 32.1. The van der Waals surface area contributed by atoms with E-state index in [0.29, 0.717) is 5.92 Å². The molecule has 11 aromatic rings. The fourth-order valence-electron chi connectivity index (χ4n) is 9.73. The van der Waals surface area contributed by atoms with Crippen molar-refractivity contribution < 1.29 is 0 Å². The number of benzene rings is 9. The molecule has 1 aliphatic rings. The molecule has 0 saturated carbocycles. The van der Waals surface area contributed by atoms with E-state index in [1.54, 1.807) is 0 Å². The van der Waals surface area contributed by atoms with Gasteiger partial charge in [0.25, 0.3) is 0 Å². The van der Waals surface area contributed by atoms with E-state index in [1.807, 2.05) is 11.3 Å². The Morgan fingerprint density at radius 2 is 0.891 bits per heavy atom. The van der Waals surface area contributed by atoms with Crippen LogP contribution < -0.4 is 4.90 Å². The topological polar surface area (TPSA) is 8.17 Å². The molecule has 2 nitrogen and oxygen atoms in total. The number of para-hydroxylation sites is 1. The molecule has 0 amide bonds. The Morgan fingerprint density at radius 3 is 1.55 bits per heavy atom. The van der Waals surface area contributed by atoms with Crippen molar-refractivity contribution >= 4 is 76.1 Å². The molecule has 0 spiro atoms. The summed E-state index contributed by atoms with van der Waals surface area (Å²) in [6.45, 7) is 2.30. The summed E-state index contributed by atoms with van der Waals surface area (Å²) < 4.78 is 5.04. The number of hydrogen-bond acceptors (Lipinski definition) is 2. The molecule has 1 aliphatic carbocycles. The quantitative estimate of drug-likeness (QED) is 0.148. The van der Waals surface area contributed by atoms with Gasteiger partial charge in [0.05, 0.1) is 11.0 Å². The van der Waals surface area contributed by atoms with E-state index >= 15 is 0 Å². The van der Waals surface area contributed by atoms with Gasteiger partial charge < -0.3 is 9.47 Å². The molecule has 304 valence electrons. The molecule has 0 radical (unpaired) electrons. The first-order valence-electron chi connectivity index (χ1n) is 22.2. The summed E-state index contributed by atoms with van der Waals surface area (Å²) in [6, 6.07) is 78.0. The van der Waals surface area contributed by atoms with Crippen molar-refractivity contribution in [3.63, 3.8) is 0 Å². The third kappa shape index (κ3) is 6.82. The van der Waals surface area contributed by atoms with E-state index < -0.39 is 0 Å². The predicted molar refractivity (Wildman–Crippen MR) is 276 cm³/mol. The summed E-state index contributed by atoms with van der Waals surface area (Å²) in [6.07, 6.45) is 7.82. The number of thiophene rings is 1. The minimum Gasteiger partial charge on any atom is -0.313 e. The normalized spacial score (nSPS) is 13.8. The fraction of sp³-hybridized carbons (Fsp3) is 0.0492. The van der Waals surface area contributed by atoms with Crippen LogP contribution in [0.3, 0.4) is 0 Å². The van der Waals surface area contributed by atoms with Crippen molar-refractivity contribution in [2.24, 2.45) is 5.92 Å². The van der Waals surface area contributed by atoms with E-state index in [0.717, 1.165) is 23.5 Å². The number of hydrogen-bond donors (Lipinski definition) is 0. The van der Waals surface area contributed by atoms with E-state index in [9.17, 15) is 0 Å². The SMILES string of the molecule is CC1C=CC=C(n2c3ccccc3c3cc(-c4cccc(-c5ccc6sc7ccc(N(c8ccc(-c9ccccc9)cc8)c8ccc(-c9ccccc9)cc8)cc7c6c5)c4)ccc32)C1. The standard InChI is InChI=1S/C61H44N2S/c1-41-12-10-19-52(36-41)63-58-21-9-8-20-54(58)55-38-48(26-33-59(55)63)46-17-11-18-47(37-46)49-27-34-60-56(39-49)57-40-53(32-35-61(57)64-60)62(50-28-22-44(23-29-50)42-13-4-2-5-14-42)51-30-24-45(25-31-51)43-15-6-3-7-16-43/h2-35,37-41H,36H2,1H3. The molecule has 2 heterocycles. The lowest BCUT2D eigenvalue weighted by Gasteiger charge is -2.26. The smallest absolute Gasteiger partial charge is 0.0538 e. The molecule has 12 rings (SSSR count). The zero-order valence-electron chi connectivity index (χ0n) is 35.5. The molecular formula is C61H44N2S. The predicted octanol–water partition coefficient (Wildman–Crippen LogP) is 17.7. The van der Waals surface area contributed by atoms with Crippen LogP contribution in [-0.2, 0) is 0 Å². The largest absolute Gasteiger partial charge is 0.313 e. The molecule has 0 N–H and O–H groups in total. The van der Waals surface area contributed by atoms with E-state index in [1.165, 1.54) is 92.2 Å². The van der Waals surface area contributed by atoms with Gasteiger partial charge in [0, 0.05) is 53.7 Å². The highest BCUT2D eigenvalue weighted by molar-refractivity contribution is 7.25. The van der Waals surface area contributed by atoms with Crippen LogP contribution in [0.4, 0.5) is 17.1 Å². The Morgan fingerprint density at radius 1 is 0.406 bits per heavy atom. The van der Waals surface area contributed by atoms with E-state index in [-0.39, 0.29) is 0 Å². The second kappa shape index (κ2) is 15.9. The minimum absolute atomic E-state index is 0.522. The van der Waals surface area contributed by atoms with Crippen LogP contribution in [0.1, 0.15) is 13.3 Å². The Kier molecular flexibility index (Phi) is 9.43. The van der Waals surface area contributed by atoms with Gasteiger partial charge in [-0.15, -0.1) is 11.3 Å². The maximum absolute atomic E-state index is 2.47. The number of nitrogens with zero attached hydrogens (tertiary/aromatic N) is 2. The van der Waals surface area contributed by atoms with Crippen LogP contribution in [0.15, 0.2) is 231 Å². The molecule has 2 aromatic heterocycles. The molecule has 1 atom stereocenters. The Labute approximate surface area is 377 Å². The summed E-state index contributed by atoms with van der Waals surface area (Å²) in [5.74, 6) is 0.522. The Balaban J connectivity index is 0.925. The first-order valence-corrected chi connectivity index (χ1v) is 23.0. The summed E-state index contributed by atoms with van der Waals surface area (Å²) in [5, 5.41) is 5.12. The van der Waals surface area contributed by atoms with Crippen LogP contribution in [0.5, 0.6) is 0 Å². The number of allylic oxidation sites excluding steroid dienone is 4. The fourth-order valence-corrected chi connectivity index (χ4v) is 10.8.